The minimum atomic E-state index is -0.956. The highest BCUT2D eigenvalue weighted by Crippen LogP contribution is 2.68. The number of aliphatic hydroxyl groups is 1. The summed E-state index contributed by atoms with van der Waals surface area (Å²) in [7, 11) is 2.09. The molecule has 1 fully saturated rings. The third-order valence-electron chi connectivity index (χ3n) is 7.21. The van der Waals surface area contributed by atoms with Gasteiger partial charge in [-0.2, -0.15) is 0 Å². The number of hydrogen-bond donors (Lipinski definition) is 2. The van der Waals surface area contributed by atoms with E-state index >= 15 is 0 Å². The van der Waals surface area contributed by atoms with Crippen molar-refractivity contribution in [3.8, 4) is 11.5 Å². The Hall–Kier alpha value is -2.18. The fourth-order valence-corrected chi connectivity index (χ4v) is 6.09. The van der Waals surface area contributed by atoms with Crippen LogP contribution in [0.1, 0.15) is 40.7 Å². The zero-order valence-corrected chi connectivity index (χ0v) is 14.9. The van der Waals surface area contributed by atoms with E-state index in [1.54, 1.807) is 6.07 Å². The number of nitrogens with zero attached hydrogens (tertiary/aromatic N) is 3. The van der Waals surface area contributed by atoms with Crippen LogP contribution in [0.2, 0.25) is 0 Å². The normalized spacial score (nSPS) is 36.3. The summed E-state index contributed by atoms with van der Waals surface area (Å²) in [6, 6.07) is 3.72. The molecule has 1 aromatic heterocycles. The molecule has 2 N–H and O–H groups in total. The van der Waals surface area contributed by atoms with Crippen LogP contribution in [0.5, 0.6) is 11.5 Å². The van der Waals surface area contributed by atoms with Crippen LogP contribution in [0.25, 0.3) is 0 Å². The third kappa shape index (κ3) is 1.41. The molecular weight excluding hydrogens is 330 g/mol. The van der Waals surface area contributed by atoms with Crippen molar-refractivity contribution in [3.05, 3.63) is 46.5 Å². The number of likely N-dealkylation sites (tertiary alicyclic amines) is 1. The maximum absolute atomic E-state index is 12.1. The van der Waals surface area contributed by atoms with Gasteiger partial charge in [-0.25, -0.2) is 9.97 Å². The minimum Gasteiger partial charge on any atom is -0.504 e. The van der Waals surface area contributed by atoms with Gasteiger partial charge in [0.2, 0.25) is 0 Å². The van der Waals surface area contributed by atoms with Crippen molar-refractivity contribution in [3.63, 3.8) is 0 Å². The van der Waals surface area contributed by atoms with Gasteiger partial charge in [0.1, 0.15) is 5.82 Å². The standard InChI is InChI=1S/C20H21N3O3/c1-10-21-9-12-8-20(25)14-7-11-3-4-13(24)17-15(11)19(20,5-6-23(14)2)18(26-17)16(12)22-10/h3-4,9,14,18,24-25H,5-8H2,1-2H3/t14-,18+,19+,20-/m1/s1. The topological polar surface area (TPSA) is 78.7 Å². The molecule has 4 aliphatic rings. The van der Waals surface area contributed by atoms with Crippen LogP contribution in [0.4, 0.5) is 0 Å². The van der Waals surface area contributed by atoms with Gasteiger partial charge >= 0.3 is 0 Å². The number of hydrogen-bond acceptors (Lipinski definition) is 6. The van der Waals surface area contributed by atoms with Gasteiger partial charge in [0, 0.05) is 24.2 Å². The van der Waals surface area contributed by atoms with Gasteiger partial charge in [-0.05, 0) is 50.6 Å². The lowest BCUT2D eigenvalue weighted by atomic mass is 9.49. The molecule has 26 heavy (non-hydrogen) atoms. The molecule has 134 valence electrons. The number of rotatable bonds is 0. The molecule has 0 saturated carbocycles. The molecule has 1 saturated heterocycles. The predicted molar refractivity (Wildman–Crippen MR) is 93.3 cm³/mol. The molecule has 4 atom stereocenters. The lowest BCUT2D eigenvalue weighted by molar-refractivity contribution is -0.168. The Balaban J connectivity index is 1.73. The third-order valence-corrected chi connectivity index (χ3v) is 7.21. The lowest BCUT2D eigenvalue weighted by Gasteiger charge is -2.62. The fourth-order valence-electron chi connectivity index (χ4n) is 6.09. The van der Waals surface area contributed by atoms with Gasteiger partial charge in [-0.3, -0.25) is 0 Å². The smallest absolute Gasteiger partial charge is 0.166 e. The van der Waals surface area contributed by atoms with E-state index in [0.29, 0.717) is 18.0 Å². The van der Waals surface area contributed by atoms with Gasteiger partial charge < -0.3 is 19.8 Å². The fraction of sp³-hybridized carbons (Fsp3) is 0.500. The van der Waals surface area contributed by atoms with Gasteiger partial charge in [-0.1, -0.05) is 6.07 Å². The molecule has 2 bridgehead atoms. The van der Waals surface area contributed by atoms with Crippen molar-refractivity contribution >= 4 is 0 Å². The number of phenols is 1. The molecule has 0 unspecified atom stereocenters. The summed E-state index contributed by atoms with van der Waals surface area (Å²) in [4.78, 5) is 11.3. The molecule has 2 aromatic rings. The number of ether oxygens (including phenoxy) is 1. The van der Waals surface area contributed by atoms with Crippen molar-refractivity contribution < 1.29 is 14.9 Å². The number of piperidine rings is 1. The second kappa shape index (κ2) is 4.38. The van der Waals surface area contributed by atoms with Crippen molar-refractivity contribution in [2.75, 3.05) is 13.6 Å². The molecule has 2 aliphatic heterocycles. The Morgan fingerprint density at radius 3 is 3.00 bits per heavy atom. The lowest BCUT2D eigenvalue weighted by Crippen LogP contribution is -2.74. The van der Waals surface area contributed by atoms with E-state index in [1.165, 1.54) is 5.56 Å². The van der Waals surface area contributed by atoms with Crippen LogP contribution in [0.15, 0.2) is 18.3 Å². The zero-order valence-electron chi connectivity index (χ0n) is 14.9. The molecule has 2 aliphatic carbocycles. The SMILES string of the molecule is Cc1ncc2c(n1)[C@@H]1Oc3c(O)ccc4c3[C@@]13CCN(C)[C@H](C4)[C@]3(O)C2. The van der Waals surface area contributed by atoms with E-state index in [4.69, 9.17) is 9.72 Å². The van der Waals surface area contributed by atoms with Crippen molar-refractivity contribution in [1.82, 2.24) is 14.9 Å². The Bertz CT molecular complexity index is 977. The number of aryl methyl sites for hydroxylation is 1. The average molecular weight is 351 g/mol. The van der Waals surface area contributed by atoms with Crippen LogP contribution in [-0.2, 0) is 18.3 Å². The summed E-state index contributed by atoms with van der Waals surface area (Å²) in [6.45, 7) is 2.77. The van der Waals surface area contributed by atoms with Crippen molar-refractivity contribution in [2.24, 2.45) is 0 Å². The Morgan fingerprint density at radius 2 is 2.15 bits per heavy atom. The van der Waals surface area contributed by atoms with Crippen LogP contribution in [0.3, 0.4) is 0 Å². The number of aromatic nitrogens is 2. The maximum Gasteiger partial charge on any atom is 0.166 e. The summed E-state index contributed by atoms with van der Waals surface area (Å²) >= 11 is 0. The molecular formula is C20H21N3O3. The molecule has 6 nitrogen and oxygen atoms in total. The van der Waals surface area contributed by atoms with Gasteiger partial charge in [0.05, 0.1) is 16.7 Å². The van der Waals surface area contributed by atoms with Crippen molar-refractivity contribution in [2.45, 2.75) is 49.3 Å². The van der Waals surface area contributed by atoms with E-state index in [9.17, 15) is 10.2 Å². The zero-order chi connectivity index (χ0) is 17.8. The number of benzene rings is 1. The van der Waals surface area contributed by atoms with Gasteiger partial charge in [0.25, 0.3) is 0 Å². The highest BCUT2D eigenvalue weighted by atomic mass is 16.5. The molecule has 3 heterocycles. The highest BCUT2D eigenvalue weighted by molar-refractivity contribution is 5.64. The molecule has 6 rings (SSSR count). The molecule has 1 aromatic carbocycles. The summed E-state index contributed by atoms with van der Waals surface area (Å²) in [5, 5.41) is 22.6. The number of likely N-dealkylation sites (N-methyl/N-ethyl adjacent to an activating group) is 1. The summed E-state index contributed by atoms with van der Waals surface area (Å²) in [5.74, 6) is 1.40. The molecule has 1 spiro atoms. The Morgan fingerprint density at radius 1 is 1.31 bits per heavy atom. The maximum atomic E-state index is 12.1. The van der Waals surface area contributed by atoms with Crippen LogP contribution in [0, 0.1) is 6.92 Å². The average Bonchev–Trinajstić information content (AvgIpc) is 2.96. The minimum absolute atomic E-state index is 0.0137. The Kier molecular flexibility index (Phi) is 2.51. The van der Waals surface area contributed by atoms with E-state index in [1.807, 2.05) is 19.2 Å². The highest BCUT2D eigenvalue weighted by Gasteiger charge is 2.72. The van der Waals surface area contributed by atoms with Gasteiger partial charge in [0.15, 0.2) is 17.6 Å². The summed E-state index contributed by atoms with van der Waals surface area (Å²) < 4.78 is 6.37. The first-order chi connectivity index (χ1) is 12.5. The second-order valence-electron chi connectivity index (χ2n) is 8.30. The van der Waals surface area contributed by atoms with Crippen LogP contribution >= 0.6 is 0 Å². The summed E-state index contributed by atoms with van der Waals surface area (Å²) in [5.41, 5.74) is 2.50. The van der Waals surface area contributed by atoms with Crippen LogP contribution < -0.4 is 4.74 Å². The molecule has 0 amide bonds. The molecule has 0 radical (unpaired) electrons. The number of phenolic OH excluding ortho intramolecular Hbond substituents is 1. The first kappa shape index (κ1) is 14.9. The van der Waals surface area contributed by atoms with Gasteiger partial charge in [-0.15, -0.1) is 0 Å². The van der Waals surface area contributed by atoms with E-state index in [2.05, 4.69) is 16.9 Å². The number of aromatic hydroxyl groups is 1. The molecule has 6 heteroatoms. The Labute approximate surface area is 151 Å². The predicted octanol–water partition coefficient (Wildman–Crippen LogP) is 1.41. The van der Waals surface area contributed by atoms with Crippen molar-refractivity contribution in [1.29, 1.82) is 0 Å². The van der Waals surface area contributed by atoms with E-state index in [0.717, 1.165) is 36.2 Å². The number of fused-ring (bicyclic) bond motifs is 2. The first-order valence-corrected chi connectivity index (χ1v) is 9.23. The largest absolute Gasteiger partial charge is 0.504 e. The first-order valence-electron chi connectivity index (χ1n) is 9.23. The second-order valence-corrected chi connectivity index (χ2v) is 8.30. The monoisotopic (exact) mass is 351 g/mol. The van der Waals surface area contributed by atoms with E-state index in [-0.39, 0.29) is 17.9 Å². The summed E-state index contributed by atoms with van der Waals surface area (Å²) in [6.07, 6.45) is 3.52. The van der Waals surface area contributed by atoms with E-state index < -0.39 is 11.0 Å². The van der Waals surface area contributed by atoms with Crippen LogP contribution in [-0.4, -0.2) is 50.3 Å². The quantitative estimate of drug-likeness (QED) is 0.747.